The van der Waals surface area contributed by atoms with Crippen LogP contribution >= 0.6 is 0 Å². The molecule has 21 heavy (non-hydrogen) atoms. The van der Waals surface area contributed by atoms with Gasteiger partial charge in [0.25, 0.3) is 0 Å². The highest BCUT2D eigenvalue weighted by Gasteiger charge is 2.39. The van der Waals surface area contributed by atoms with E-state index in [2.05, 4.69) is 11.8 Å². The fourth-order valence-corrected chi connectivity index (χ4v) is 2.16. The molecule has 0 heterocycles. The van der Waals surface area contributed by atoms with E-state index in [4.69, 9.17) is 0 Å². The zero-order chi connectivity index (χ0) is 15.3. The van der Waals surface area contributed by atoms with Crippen LogP contribution in [0.1, 0.15) is 24.5 Å². The van der Waals surface area contributed by atoms with Gasteiger partial charge in [0.15, 0.2) is 0 Å². The van der Waals surface area contributed by atoms with Crippen molar-refractivity contribution in [1.82, 2.24) is 0 Å². The Kier molecular flexibility index (Phi) is 4.37. The molecule has 0 amide bonds. The normalized spacial score (nSPS) is 13.9. The summed E-state index contributed by atoms with van der Waals surface area (Å²) in [5.74, 6) is 5.67. The minimum Gasteiger partial charge on any atom is -0.171 e. The van der Waals surface area contributed by atoms with Crippen molar-refractivity contribution in [1.29, 1.82) is 0 Å². The Bertz CT molecular complexity index is 633. The Morgan fingerprint density at radius 2 is 1.38 bits per heavy atom. The van der Waals surface area contributed by atoms with Crippen LogP contribution in [0.2, 0.25) is 0 Å². The lowest BCUT2D eigenvalue weighted by molar-refractivity contribution is -0.142. The second-order valence-electron chi connectivity index (χ2n) is 5.11. The van der Waals surface area contributed by atoms with Gasteiger partial charge in [-0.25, -0.2) is 0 Å². The van der Waals surface area contributed by atoms with E-state index in [1.54, 1.807) is 42.5 Å². The second kappa shape index (κ2) is 6.05. The highest BCUT2D eigenvalue weighted by molar-refractivity contribution is 5.41. The number of alkyl halides is 3. The topological polar surface area (TPSA) is 0 Å². The molecule has 3 heteroatoms. The summed E-state index contributed by atoms with van der Waals surface area (Å²) in [7, 11) is 0. The van der Waals surface area contributed by atoms with E-state index in [-0.39, 0.29) is 0 Å². The summed E-state index contributed by atoms with van der Waals surface area (Å²) < 4.78 is 38.7. The van der Waals surface area contributed by atoms with Crippen LogP contribution in [-0.2, 0) is 5.41 Å². The van der Waals surface area contributed by atoms with Crippen LogP contribution in [0.15, 0.2) is 60.7 Å². The summed E-state index contributed by atoms with van der Waals surface area (Å²) in [5, 5.41) is 0. The molecule has 1 atom stereocenters. The summed E-state index contributed by atoms with van der Waals surface area (Å²) in [6, 6.07) is 17.7. The standard InChI is InChI=1S/C18H15F3/c1-17(14-18(19,20)21,16-10-6-3-7-11-16)13-12-15-8-4-2-5-9-15/h2-11H,14H2,1H3. The first-order chi connectivity index (χ1) is 9.89. The Labute approximate surface area is 122 Å². The van der Waals surface area contributed by atoms with Crippen LogP contribution in [0, 0.1) is 11.8 Å². The molecular weight excluding hydrogens is 273 g/mol. The van der Waals surface area contributed by atoms with Gasteiger partial charge in [-0.05, 0) is 24.6 Å². The summed E-state index contributed by atoms with van der Waals surface area (Å²) in [4.78, 5) is 0. The third-order valence-corrected chi connectivity index (χ3v) is 3.22. The van der Waals surface area contributed by atoms with E-state index in [0.717, 1.165) is 0 Å². The predicted octanol–water partition coefficient (Wildman–Crippen LogP) is 4.95. The van der Waals surface area contributed by atoms with E-state index in [0.29, 0.717) is 11.1 Å². The molecule has 0 bridgehead atoms. The Morgan fingerprint density at radius 1 is 0.857 bits per heavy atom. The fourth-order valence-electron chi connectivity index (χ4n) is 2.16. The average molecular weight is 288 g/mol. The van der Waals surface area contributed by atoms with Gasteiger partial charge in [-0.1, -0.05) is 60.4 Å². The van der Waals surface area contributed by atoms with Crippen LogP contribution in [0.5, 0.6) is 0 Å². The number of benzene rings is 2. The Morgan fingerprint density at radius 3 is 1.90 bits per heavy atom. The maximum atomic E-state index is 12.9. The molecule has 0 aliphatic rings. The SMILES string of the molecule is CC(C#Cc1ccccc1)(CC(F)(F)F)c1ccccc1. The minimum atomic E-state index is -4.27. The van der Waals surface area contributed by atoms with Crippen LogP contribution in [0.25, 0.3) is 0 Å². The van der Waals surface area contributed by atoms with E-state index in [9.17, 15) is 13.2 Å². The number of hydrogen-bond acceptors (Lipinski definition) is 0. The molecule has 0 aliphatic carbocycles. The van der Waals surface area contributed by atoms with Crippen molar-refractivity contribution in [3.8, 4) is 11.8 Å². The number of hydrogen-bond donors (Lipinski definition) is 0. The maximum Gasteiger partial charge on any atom is 0.390 e. The van der Waals surface area contributed by atoms with Crippen molar-refractivity contribution in [2.75, 3.05) is 0 Å². The van der Waals surface area contributed by atoms with Crippen molar-refractivity contribution in [2.45, 2.75) is 24.9 Å². The first-order valence-electron chi connectivity index (χ1n) is 6.60. The first-order valence-corrected chi connectivity index (χ1v) is 6.60. The van der Waals surface area contributed by atoms with Gasteiger partial charge in [-0.15, -0.1) is 0 Å². The van der Waals surface area contributed by atoms with Crippen LogP contribution in [0.4, 0.5) is 13.2 Å². The van der Waals surface area contributed by atoms with Crippen molar-refractivity contribution < 1.29 is 13.2 Å². The van der Waals surface area contributed by atoms with Crippen LogP contribution in [-0.4, -0.2) is 6.18 Å². The monoisotopic (exact) mass is 288 g/mol. The minimum absolute atomic E-state index is 0.575. The van der Waals surface area contributed by atoms with Gasteiger partial charge in [0, 0.05) is 5.56 Å². The zero-order valence-corrected chi connectivity index (χ0v) is 11.6. The molecule has 0 saturated carbocycles. The summed E-state index contributed by atoms with van der Waals surface area (Å²) in [6.07, 6.45) is -5.24. The largest absolute Gasteiger partial charge is 0.390 e. The molecular formula is C18H15F3. The summed E-state index contributed by atoms with van der Waals surface area (Å²) in [5.41, 5.74) is 0.0302. The molecule has 2 aromatic carbocycles. The maximum absolute atomic E-state index is 12.9. The van der Waals surface area contributed by atoms with Gasteiger partial charge in [0.1, 0.15) is 0 Å². The molecule has 0 aliphatic heterocycles. The highest BCUT2D eigenvalue weighted by Crippen LogP contribution is 2.36. The first kappa shape index (κ1) is 15.2. The molecule has 2 rings (SSSR count). The van der Waals surface area contributed by atoms with E-state index >= 15 is 0 Å². The zero-order valence-electron chi connectivity index (χ0n) is 11.6. The molecule has 0 aromatic heterocycles. The molecule has 108 valence electrons. The molecule has 0 fully saturated rings. The van der Waals surface area contributed by atoms with Gasteiger partial charge < -0.3 is 0 Å². The highest BCUT2D eigenvalue weighted by atomic mass is 19.4. The van der Waals surface area contributed by atoms with Crippen molar-refractivity contribution in [2.24, 2.45) is 0 Å². The lowest BCUT2D eigenvalue weighted by Gasteiger charge is -2.25. The molecule has 0 saturated heterocycles. The quantitative estimate of drug-likeness (QED) is 0.686. The van der Waals surface area contributed by atoms with E-state index < -0.39 is 18.0 Å². The number of rotatable bonds is 2. The van der Waals surface area contributed by atoms with Gasteiger partial charge in [0.05, 0.1) is 11.8 Å². The van der Waals surface area contributed by atoms with E-state index in [1.807, 2.05) is 18.2 Å². The Balaban J connectivity index is 2.40. The summed E-state index contributed by atoms with van der Waals surface area (Å²) >= 11 is 0. The lowest BCUT2D eigenvalue weighted by Crippen LogP contribution is -2.28. The predicted molar refractivity (Wildman–Crippen MR) is 77.8 cm³/mol. The van der Waals surface area contributed by atoms with Crippen molar-refractivity contribution in [3.63, 3.8) is 0 Å². The second-order valence-corrected chi connectivity index (χ2v) is 5.11. The fraction of sp³-hybridized carbons (Fsp3) is 0.222. The molecule has 0 nitrogen and oxygen atoms in total. The van der Waals surface area contributed by atoms with Gasteiger partial charge in [0.2, 0.25) is 0 Å². The van der Waals surface area contributed by atoms with Crippen molar-refractivity contribution in [3.05, 3.63) is 71.8 Å². The lowest BCUT2D eigenvalue weighted by atomic mass is 9.79. The molecule has 0 spiro atoms. The van der Waals surface area contributed by atoms with Crippen molar-refractivity contribution >= 4 is 0 Å². The molecule has 0 radical (unpaired) electrons. The van der Waals surface area contributed by atoms with Gasteiger partial charge in [-0.2, -0.15) is 13.2 Å². The third kappa shape index (κ3) is 4.39. The molecule has 0 N–H and O–H groups in total. The third-order valence-electron chi connectivity index (χ3n) is 3.22. The van der Waals surface area contributed by atoms with Gasteiger partial charge in [-0.3, -0.25) is 0 Å². The smallest absolute Gasteiger partial charge is 0.171 e. The van der Waals surface area contributed by atoms with E-state index in [1.165, 1.54) is 6.92 Å². The van der Waals surface area contributed by atoms with Crippen LogP contribution in [0.3, 0.4) is 0 Å². The van der Waals surface area contributed by atoms with Crippen LogP contribution < -0.4 is 0 Å². The number of halogens is 3. The summed E-state index contributed by atoms with van der Waals surface area (Å²) in [6.45, 7) is 1.53. The Hall–Kier alpha value is -2.21. The average Bonchev–Trinajstić information content (AvgIpc) is 2.46. The molecule has 2 aromatic rings. The van der Waals surface area contributed by atoms with Gasteiger partial charge >= 0.3 is 6.18 Å². The molecule has 1 unspecified atom stereocenters.